The van der Waals surface area contributed by atoms with Crippen LogP contribution in [0.5, 0.6) is 0 Å². The number of rotatable bonds is 3. The fraction of sp³-hybridized carbons (Fsp3) is 0.0667. The lowest BCUT2D eigenvalue weighted by Crippen LogP contribution is -2.00. The van der Waals surface area contributed by atoms with Crippen LogP contribution in [-0.2, 0) is 9.63 Å². The highest BCUT2D eigenvalue weighted by Gasteiger charge is 2.04. The Labute approximate surface area is 105 Å². The molecular formula is C15H13NO2. The van der Waals surface area contributed by atoms with Gasteiger partial charge in [-0.2, -0.15) is 0 Å². The Kier molecular flexibility index (Phi) is 3.53. The highest BCUT2D eigenvalue weighted by atomic mass is 16.7. The fourth-order valence-corrected chi connectivity index (χ4v) is 1.74. The van der Waals surface area contributed by atoms with Crippen LogP contribution in [0.15, 0.2) is 60.3 Å². The number of hydrogen-bond acceptors (Lipinski definition) is 3. The first-order chi connectivity index (χ1) is 8.72. The largest absolute Gasteiger partial charge is 0.358 e. The molecule has 2 aromatic rings. The van der Waals surface area contributed by atoms with Gasteiger partial charge in [0.1, 0.15) is 0 Å². The second-order valence-corrected chi connectivity index (χ2v) is 3.82. The van der Waals surface area contributed by atoms with Crippen molar-refractivity contribution in [2.45, 2.75) is 6.92 Å². The number of oxime groups is 1. The maximum Gasteiger partial charge on any atom is 0.358 e. The van der Waals surface area contributed by atoms with Crippen molar-refractivity contribution in [2.75, 3.05) is 0 Å². The van der Waals surface area contributed by atoms with Crippen molar-refractivity contribution in [2.24, 2.45) is 5.16 Å². The van der Waals surface area contributed by atoms with Crippen LogP contribution in [-0.4, -0.2) is 11.7 Å². The Hall–Kier alpha value is -2.42. The molecule has 0 atom stereocenters. The zero-order valence-electron chi connectivity index (χ0n) is 10.1. The summed E-state index contributed by atoms with van der Waals surface area (Å²) in [7, 11) is 0. The first-order valence-electron chi connectivity index (χ1n) is 5.58. The summed E-state index contributed by atoms with van der Waals surface area (Å²) < 4.78 is 0. The van der Waals surface area contributed by atoms with E-state index in [2.05, 4.69) is 16.6 Å². The van der Waals surface area contributed by atoms with Crippen LogP contribution >= 0.6 is 0 Å². The summed E-state index contributed by atoms with van der Waals surface area (Å²) in [4.78, 5) is 15.7. The maximum atomic E-state index is 11.0. The molecule has 0 N–H and O–H groups in total. The van der Waals surface area contributed by atoms with E-state index < -0.39 is 5.97 Å². The van der Waals surface area contributed by atoms with Crippen molar-refractivity contribution in [1.29, 1.82) is 0 Å². The standard InChI is InChI=1S/C15H13NO2/c1-3-15(17)18-16-11(2)13-10-6-8-12-7-4-5-9-14(12)13/h3-10H,1H2,2H3/b16-11+. The minimum atomic E-state index is -0.561. The molecule has 90 valence electrons. The maximum absolute atomic E-state index is 11.0. The molecule has 0 aliphatic heterocycles. The number of benzene rings is 2. The molecule has 0 radical (unpaired) electrons. The number of fused-ring (bicyclic) bond motifs is 1. The van der Waals surface area contributed by atoms with Crippen molar-refractivity contribution >= 4 is 22.5 Å². The van der Waals surface area contributed by atoms with E-state index in [1.807, 2.05) is 42.5 Å². The molecule has 2 rings (SSSR count). The van der Waals surface area contributed by atoms with Gasteiger partial charge in [-0.3, -0.25) is 0 Å². The predicted octanol–water partition coefficient (Wildman–Crippen LogP) is 3.29. The second-order valence-electron chi connectivity index (χ2n) is 3.82. The number of carbonyl (C=O) groups excluding carboxylic acids is 1. The summed E-state index contributed by atoms with van der Waals surface area (Å²) in [6.07, 6.45) is 1.08. The normalized spacial score (nSPS) is 11.3. The van der Waals surface area contributed by atoms with Crippen molar-refractivity contribution in [1.82, 2.24) is 0 Å². The molecular weight excluding hydrogens is 226 g/mol. The lowest BCUT2D eigenvalue weighted by atomic mass is 10.0. The Morgan fingerprint density at radius 1 is 1.22 bits per heavy atom. The monoisotopic (exact) mass is 239 g/mol. The van der Waals surface area contributed by atoms with E-state index in [9.17, 15) is 4.79 Å². The van der Waals surface area contributed by atoms with Crippen molar-refractivity contribution in [3.8, 4) is 0 Å². The van der Waals surface area contributed by atoms with Gasteiger partial charge in [-0.15, -0.1) is 0 Å². The molecule has 0 bridgehead atoms. The second kappa shape index (κ2) is 5.27. The minimum absolute atomic E-state index is 0.561. The van der Waals surface area contributed by atoms with Crippen LogP contribution in [0.2, 0.25) is 0 Å². The van der Waals surface area contributed by atoms with Crippen LogP contribution in [0.4, 0.5) is 0 Å². The Bertz CT molecular complexity index is 624. The molecule has 0 saturated heterocycles. The van der Waals surface area contributed by atoms with Crippen molar-refractivity contribution in [3.05, 3.63) is 60.7 Å². The van der Waals surface area contributed by atoms with E-state index in [4.69, 9.17) is 0 Å². The van der Waals surface area contributed by atoms with Gasteiger partial charge in [-0.25, -0.2) is 4.79 Å². The van der Waals surface area contributed by atoms with Crippen LogP contribution < -0.4 is 0 Å². The van der Waals surface area contributed by atoms with Crippen molar-refractivity contribution < 1.29 is 9.63 Å². The summed E-state index contributed by atoms with van der Waals surface area (Å²) in [5, 5.41) is 6.02. The molecule has 2 aromatic carbocycles. The molecule has 0 saturated carbocycles. The third-order valence-electron chi connectivity index (χ3n) is 2.62. The van der Waals surface area contributed by atoms with E-state index in [0.717, 1.165) is 22.4 Å². The molecule has 0 unspecified atom stereocenters. The summed E-state index contributed by atoms with van der Waals surface area (Å²) in [6, 6.07) is 13.9. The van der Waals surface area contributed by atoms with Gasteiger partial charge in [0, 0.05) is 11.6 Å². The smallest absolute Gasteiger partial charge is 0.313 e. The topological polar surface area (TPSA) is 38.7 Å². The lowest BCUT2D eigenvalue weighted by molar-refractivity contribution is -0.137. The molecule has 3 nitrogen and oxygen atoms in total. The van der Waals surface area contributed by atoms with Crippen LogP contribution in [0.3, 0.4) is 0 Å². The van der Waals surface area contributed by atoms with Gasteiger partial charge in [0.05, 0.1) is 5.71 Å². The third-order valence-corrected chi connectivity index (χ3v) is 2.62. The summed E-state index contributed by atoms with van der Waals surface area (Å²) >= 11 is 0. The molecule has 0 heterocycles. The first-order valence-corrected chi connectivity index (χ1v) is 5.58. The Morgan fingerprint density at radius 2 is 1.94 bits per heavy atom. The fourth-order valence-electron chi connectivity index (χ4n) is 1.74. The molecule has 0 spiro atoms. The Balaban J connectivity index is 2.41. The molecule has 3 heteroatoms. The quantitative estimate of drug-likeness (QED) is 0.357. The van der Waals surface area contributed by atoms with Crippen molar-refractivity contribution in [3.63, 3.8) is 0 Å². The minimum Gasteiger partial charge on any atom is -0.313 e. The average Bonchev–Trinajstić information content (AvgIpc) is 2.43. The SMILES string of the molecule is C=CC(=O)O/N=C(\C)c1cccc2ccccc12. The van der Waals surface area contributed by atoms with Gasteiger partial charge in [-0.05, 0) is 17.7 Å². The van der Waals surface area contributed by atoms with Crippen LogP contribution in [0.25, 0.3) is 10.8 Å². The molecule has 0 aliphatic rings. The summed E-state index contributed by atoms with van der Waals surface area (Å²) in [6.45, 7) is 5.12. The highest BCUT2D eigenvalue weighted by molar-refractivity contribution is 6.09. The first kappa shape index (κ1) is 12.0. The van der Waals surface area contributed by atoms with Gasteiger partial charge < -0.3 is 4.84 Å². The zero-order chi connectivity index (χ0) is 13.0. The van der Waals surface area contributed by atoms with E-state index in [0.29, 0.717) is 5.71 Å². The van der Waals surface area contributed by atoms with E-state index in [-0.39, 0.29) is 0 Å². The van der Waals surface area contributed by atoms with E-state index >= 15 is 0 Å². The van der Waals surface area contributed by atoms with Gasteiger partial charge in [0.15, 0.2) is 0 Å². The average molecular weight is 239 g/mol. The third kappa shape index (κ3) is 2.46. The molecule has 18 heavy (non-hydrogen) atoms. The van der Waals surface area contributed by atoms with Crippen LogP contribution in [0, 0.1) is 0 Å². The van der Waals surface area contributed by atoms with Gasteiger partial charge in [0.25, 0.3) is 0 Å². The predicted molar refractivity (Wildman–Crippen MR) is 72.4 cm³/mol. The summed E-state index contributed by atoms with van der Waals surface area (Å²) in [5.74, 6) is -0.561. The van der Waals surface area contributed by atoms with Crippen LogP contribution in [0.1, 0.15) is 12.5 Å². The molecule has 0 aromatic heterocycles. The number of carbonyl (C=O) groups is 1. The van der Waals surface area contributed by atoms with Gasteiger partial charge >= 0.3 is 5.97 Å². The van der Waals surface area contributed by atoms with Gasteiger partial charge in [-0.1, -0.05) is 54.2 Å². The zero-order valence-corrected chi connectivity index (χ0v) is 10.1. The molecule has 0 aliphatic carbocycles. The summed E-state index contributed by atoms with van der Waals surface area (Å²) in [5.41, 5.74) is 1.60. The highest BCUT2D eigenvalue weighted by Crippen LogP contribution is 2.19. The van der Waals surface area contributed by atoms with E-state index in [1.165, 1.54) is 0 Å². The molecule has 0 amide bonds. The molecule has 0 fully saturated rings. The Morgan fingerprint density at radius 3 is 2.72 bits per heavy atom. The van der Waals surface area contributed by atoms with Gasteiger partial charge in [0.2, 0.25) is 0 Å². The van der Waals surface area contributed by atoms with E-state index in [1.54, 1.807) is 6.92 Å². The number of nitrogens with zero attached hydrogens (tertiary/aromatic N) is 1. The number of hydrogen-bond donors (Lipinski definition) is 0. The lowest BCUT2D eigenvalue weighted by Gasteiger charge is -2.05.